The van der Waals surface area contributed by atoms with Gasteiger partial charge in [0.25, 0.3) is 0 Å². The standard InChI is InChI=1S/C16H21N3O3S/c1-10-15(13(20)9-19(2)3)23-16(17-10)18-12-8-11(21-4)6-7-14(12)22-5/h6-8H,9H2,1-5H3,(H,17,18). The smallest absolute Gasteiger partial charge is 0.188 e. The molecular formula is C16H21N3O3S. The number of nitrogens with zero attached hydrogens (tertiary/aromatic N) is 2. The molecule has 23 heavy (non-hydrogen) atoms. The molecule has 0 atom stereocenters. The molecule has 0 saturated heterocycles. The SMILES string of the molecule is COc1ccc(OC)c(Nc2nc(C)c(C(=O)CN(C)C)s2)c1. The molecule has 1 aromatic carbocycles. The summed E-state index contributed by atoms with van der Waals surface area (Å²) in [7, 11) is 6.95. The van der Waals surface area contributed by atoms with Gasteiger partial charge in [-0.25, -0.2) is 4.98 Å². The Morgan fingerprint density at radius 3 is 2.65 bits per heavy atom. The molecule has 1 aromatic heterocycles. The Labute approximate surface area is 140 Å². The maximum atomic E-state index is 12.2. The van der Waals surface area contributed by atoms with Crippen molar-refractivity contribution in [2.45, 2.75) is 6.92 Å². The molecule has 0 aliphatic carbocycles. The number of Topliss-reactive ketones (excluding diaryl/α,β-unsaturated/α-hetero) is 1. The van der Waals surface area contributed by atoms with E-state index < -0.39 is 0 Å². The van der Waals surface area contributed by atoms with Crippen LogP contribution in [0.3, 0.4) is 0 Å². The van der Waals surface area contributed by atoms with Gasteiger partial charge >= 0.3 is 0 Å². The quantitative estimate of drug-likeness (QED) is 0.785. The van der Waals surface area contributed by atoms with Crippen molar-refractivity contribution in [3.05, 3.63) is 28.8 Å². The van der Waals surface area contributed by atoms with E-state index in [4.69, 9.17) is 9.47 Å². The zero-order chi connectivity index (χ0) is 17.0. The molecule has 7 heteroatoms. The summed E-state index contributed by atoms with van der Waals surface area (Å²) in [6.45, 7) is 2.21. The highest BCUT2D eigenvalue weighted by Gasteiger charge is 2.17. The van der Waals surface area contributed by atoms with Crippen LogP contribution in [0.4, 0.5) is 10.8 Å². The summed E-state index contributed by atoms with van der Waals surface area (Å²) in [5.74, 6) is 1.46. The summed E-state index contributed by atoms with van der Waals surface area (Å²) in [5, 5.41) is 3.85. The lowest BCUT2D eigenvalue weighted by atomic mass is 10.2. The third kappa shape index (κ3) is 4.20. The van der Waals surface area contributed by atoms with E-state index in [-0.39, 0.29) is 5.78 Å². The Morgan fingerprint density at radius 2 is 2.04 bits per heavy atom. The van der Waals surface area contributed by atoms with Crippen LogP contribution in [0.5, 0.6) is 11.5 Å². The fraction of sp³-hybridized carbons (Fsp3) is 0.375. The first kappa shape index (κ1) is 17.2. The molecule has 0 unspecified atom stereocenters. The van der Waals surface area contributed by atoms with Gasteiger partial charge < -0.3 is 19.7 Å². The molecule has 0 radical (unpaired) electrons. The number of carbonyl (C=O) groups excluding carboxylic acids is 1. The first-order chi connectivity index (χ1) is 10.9. The first-order valence-corrected chi connectivity index (χ1v) is 7.90. The van der Waals surface area contributed by atoms with Crippen molar-refractivity contribution < 1.29 is 14.3 Å². The van der Waals surface area contributed by atoms with Gasteiger partial charge in [-0.2, -0.15) is 0 Å². The number of likely N-dealkylation sites (N-methyl/N-ethyl adjacent to an activating group) is 1. The monoisotopic (exact) mass is 335 g/mol. The Hall–Kier alpha value is -2.12. The summed E-state index contributed by atoms with van der Waals surface area (Å²) in [5.41, 5.74) is 1.47. The molecule has 0 saturated carbocycles. The lowest BCUT2D eigenvalue weighted by molar-refractivity contribution is 0.0961. The van der Waals surface area contributed by atoms with Crippen LogP contribution in [0.15, 0.2) is 18.2 Å². The number of anilines is 2. The maximum absolute atomic E-state index is 12.2. The highest BCUT2D eigenvalue weighted by atomic mass is 32.1. The molecule has 6 nitrogen and oxygen atoms in total. The Kier molecular flexibility index (Phi) is 5.57. The molecule has 0 aliphatic rings. The van der Waals surface area contributed by atoms with Gasteiger partial charge in [-0.1, -0.05) is 11.3 Å². The molecule has 0 spiro atoms. The molecule has 0 amide bonds. The maximum Gasteiger partial charge on any atom is 0.188 e. The van der Waals surface area contributed by atoms with E-state index in [2.05, 4.69) is 10.3 Å². The molecule has 124 valence electrons. The zero-order valence-corrected chi connectivity index (χ0v) is 14.8. The van der Waals surface area contributed by atoms with E-state index in [9.17, 15) is 4.79 Å². The van der Waals surface area contributed by atoms with E-state index in [1.165, 1.54) is 11.3 Å². The predicted octanol–water partition coefficient (Wildman–Crippen LogP) is 2.96. The highest BCUT2D eigenvalue weighted by Crippen LogP contribution is 2.33. The largest absolute Gasteiger partial charge is 0.497 e. The molecule has 1 heterocycles. The highest BCUT2D eigenvalue weighted by molar-refractivity contribution is 7.17. The third-order valence-corrected chi connectivity index (χ3v) is 4.27. The van der Waals surface area contributed by atoms with Gasteiger partial charge in [0.05, 0.1) is 37.0 Å². The van der Waals surface area contributed by atoms with Crippen molar-refractivity contribution in [1.82, 2.24) is 9.88 Å². The lowest BCUT2D eigenvalue weighted by Gasteiger charge is -2.10. The van der Waals surface area contributed by atoms with E-state index in [0.717, 1.165) is 11.4 Å². The lowest BCUT2D eigenvalue weighted by Crippen LogP contribution is -2.21. The van der Waals surface area contributed by atoms with Crippen LogP contribution in [-0.2, 0) is 0 Å². The van der Waals surface area contributed by atoms with E-state index in [0.29, 0.717) is 28.1 Å². The number of methoxy groups -OCH3 is 2. The van der Waals surface area contributed by atoms with Crippen LogP contribution in [0.25, 0.3) is 0 Å². The van der Waals surface area contributed by atoms with Crippen LogP contribution in [0.1, 0.15) is 15.4 Å². The average molecular weight is 335 g/mol. The third-order valence-electron chi connectivity index (χ3n) is 3.16. The number of hydrogen-bond donors (Lipinski definition) is 1. The number of rotatable bonds is 7. The summed E-state index contributed by atoms with van der Waals surface area (Å²) in [4.78, 5) is 19.2. The Morgan fingerprint density at radius 1 is 1.30 bits per heavy atom. The summed E-state index contributed by atoms with van der Waals surface area (Å²) in [6, 6.07) is 5.47. The summed E-state index contributed by atoms with van der Waals surface area (Å²) in [6.07, 6.45) is 0. The molecule has 2 rings (SSSR count). The summed E-state index contributed by atoms with van der Waals surface area (Å²) < 4.78 is 10.6. The number of thiazole rings is 1. The number of carbonyl (C=O) groups is 1. The van der Waals surface area contributed by atoms with Gasteiger partial charge in [-0.3, -0.25) is 4.79 Å². The number of benzene rings is 1. The zero-order valence-electron chi connectivity index (χ0n) is 14.0. The van der Waals surface area contributed by atoms with Gasteiger partial charge in [0.1, 0.15) is 11.5 Å². The fourth-order valence-corrected chi connectivity index (χ4v) is 3.00. The summed E-state index contributed by atoms with van der Waals surface area (Å²) >= 11 is 1.34. The number of hydrogen-bond acceptors (Lipinski definition) is 7. The van der Waals surface area contributed by atoms with Gasteiger partial charge in [-0.05, 0) is 33.2 Å². The van der Waals surface area contributed by atoms with Crippen LogP contribution >= 0.6 is 11.3 Å². The normalized spacial score (nSPS) is 10.7. The first-order valence-electron chi connectivity index (χ1n) is 7.09. The molecule has 1 N–H and O–H groups in total. The Bertz CT molecular complexity index is 698. The van der Waals surface area contributed by atoms with Crippen LogP contribution in [0, 0.1) is 6.92 Å². The van der Waals surface area contributed by atoms with Gasteiger partial charge in [0, 0.05) is 6.07 Å². The predicted molar refractivity (Wildman–Crippen MR) is 92.6 cm³/mol. The van der Waals surface area contributed by atoms with E-state index in [1.54, 1.807) is 14.2 Å². The molecule has 0 fully saturated rings. The van der Waals surface area contributed by atoms with E-state index in [1.807, 2.05) is 44.1 Å². The Balaban J connectivity index is 2.26. The van der Waals surface area contributed by atoms with Crippen LogP contribution in [0.2, 0.25) is 0 Å². The molecule has 0 aliphatic heterocycles. The number of aromatic nitrogens is 1. The van der Waals surface area contributed by atoms with Crippen LogP contribution in [-0.4, -0.2) is 50.5 Å². The number of ketones is 1. The van der Waals surface area contributed by atoms with Crippen molar-refractivity contribution in [3.8, 4) is 11.5 Å². The second-order valence-corrected chi connectivity index (χ2v) is 6.28. The van der Waals surface area contributed by atoms with Gasteiger partial charge in [-0.15, -0.1) is 0 Å². The van der Waals surface area contributed by atoms with Crippen molar-refractivity contribution >= 4 is 27.9 Å². The number of nitrogens with one attached hydrogen (secondary N) is 1. The minimum atomic E-state index is 0.0654. The molecule has 0 bridgehead atoms. The minimum absolute atomic E-state index is 0.0654. The molecule has 2 aromatic rings. The minimum Gasteiger partial charge on any atom is -0.497 e. The number of ether oxygens (including phenoxy) is 2. The second-order valence-electron chi connectivity index (χ2n) is 5.29. The molecular weight excluding hydrogens is 314 g/mol. The van der Waals surface area contributed by atoms with Gasteiger partial charge in [0.2, 0.25) is 0 Å². The number of aryl methyl sites for hydroxylation is 1. The average Bonchev–Trinajstić information content (AvgIpc) is 2.87. The van der Waals surface area contributed by atoms with Crippen molar-refractivity contribution in [1.29, 1.82) is 0 Å². The van der Waals surface area contributed by atoms with Crippen molar-refractivity contribution in [2.75, 3.05) is 40.2 Å². The van der Waals surface area contributed by atoms with Crippen LogP contribution < -0.4 is 14.8 Å². The fourth-order valence-electron chi connectivity index (χ4n) is 2.09. The second kappa shape index (κ2) is 7.43. The van der Waals surface area contributed by atoms with E-state index >= 15 is 0 Å². The van der Waals surface area contributed by atoms with Crippen molar-refractivity contribution in [3.63, 3.8) is 0 Å². The van der Waals surface area contributed by atoms with Gasteiger partial charge in [0.15, 0.2) is 10.9 Å². The topological polar surface area (TPSA) is 63.7 Å². The van der Waals surface area contributed by atoms with Crippen molar-refractivity contribution in [2.24, 2.45) is 0 Å².